The molecule has 0 heterocycles. The lowest BCUT2D eigenvalue weighted by atomic mass is 9.80. The molecule has 0 aromatic carbocycles. The molecule has 0 aromatic rings. The van der Waals surface area contributed by atoms with E-state index >= 15 is 0 Å². The van der Waals surface area contributed by atoms with Crippen molar-refractivity contribution in [2.75, 3.05) is 0 Å². The Morgan fingerprint density at radius 1 is 1.73 bits per heavy atom. The van der Waals surface area contributed by atoms with Crippen LogP contribution in [0.25, 0.3) is 0 Å². The van der Waals surface area contributed by atoms with Gasteiger partial charge in [-0.2, -0.15) is 5.10 Å². The smallest absolute Gasteiger partial charge is 0.0552 e. The third-order valence-electron chi connectivity index (χ3n) is 2.00. The highest BCUT2D eigenvalue weighted by Gasteiger charge is 2.29. The molecular weight excluding hydrogens is 140 g/mol. The maximum atomic E-state index is 8.98. The summed E-state index contributed by atoms with van der Waals surface area (Å²) in [6, 6.07) is 2.21. The Morgan fingerprint density at radius 3 is 2.82 bits per heavy atom. The molecule has 2 N–H and O–H groups in total. The van der Waals surface area contributed by atoms with Crippen LogP contribution >= 0.6 is 0 Å². The van der Waals surface area contributed by atoms with Crippen LogP contribution in [0.4, 0.5) is 0 Å². The molecule has 0 atom stereocenters. The fraction of sp³-hybridized carbons (Fsp3) is 0.625. The molecule has 1 saturated carbocycles. The molecule has 1 aliphatic carbocycles. The molecule has 60 valence electrons. The highest BCUT2D eigenvalue weighted by Crippen LogP contribution is 2.28. The fourth-order valence-corrected chi connectivity index (χ4v) is 1.14. The maximum Gasteiger partial charge on any atom is 0.0552 e. The first-order valence-electron chi connectivity index (χ1n) is 3.67. The average Bonchev–Trinajstić information content (AvgIpc) is 1.94. The fourth-order valence-electron chi connectivity index (χ4n) is 1.14. The molecule has 1 aliphatic rings. The van der Waals surface area contributed by atoms with Crippen LogP contribution in [-0.2, 0) is 0 Å². The second-order valence-electron chi connectivity index (χ2n) is 2.83. The molecule has 0 spiro atoms. The largest absolute Gasteiger partial charge is 0.393 e. The normalized spacial score (nSPS) is 30.5. The molecule has 0 radical (unpaired) electrons. The Hall–Kier alpha value is -1.01. The number of nitrogens with one attached hydrogen (secondary N) is 1. The highest BCUT2D eigenvalue weighted by molar-refractivity contribution is 5.85. The van der Waals surface area contributed by atoms with Crippen molar-refractivity contribution in [3.63, 3.8) is 0 Å². The zero-order valence-electron chi connectivity index (χ0n) is 6.54. The molecule has 0 aromatic heterocycles. The van der Waals surface area contributed by atoms with Gasteiger partial charge in [0.1, 0.15) is 0 Å². The Kier molecular flexibility index (Phi) is 2.50. The second-order valence-corrected chi connectivity index (χ2v) is 2.83. The van der Waals surface area contributed by atoms with Gasteiger partial charge < -0.3 is 5.11 Å². The quantitative estimate of drug-likeness (QED) is 0.259. The Bertz CT molecular complexity index is 199. The molecule has 1 fully saturated rings. The predicted molar refractivity (Wildman–Crippen MR) is 43.8 cm³/mol. The molecule has 3 nitrogen and oxygen atoms in total. The van der Waals surface area contributed by atoms with Gasteiger partial charge in [0, 0.05) is 17.7 Å². The van der Waals surface area contributed by atoms with Crippen LogP contribution in [0.2, 0.25) is 0 Å². The number of hydrazone groups is 1. The minimum Gasteiger partial charge on any atom is -0.393 e. The van der Waals surface area contributed by atoms with Gasteiger partial charge >= 0.3 is 0 Å². The lowest BCUT2D eigenvalue weighted by Gasteiger charge is -2.30. The van der Waals surface area contributed by atoms with Crippen molar-refractivity contribution < 1.29 is 5.11 Å². The Labute approximate surface area is 66.5 Å². The Balaban J connectivity index is 2.32. The van der Waals surface area contributed by atoms with Crippen molar-refractivity contribution in [3.05, 3.63) is 0 Å². The second kappa shape index (κ2) is 3.40. The van der Waals surface area contributed by atoms with Crippen LogP contribution in [0.5, 0.6) is 0 Å². The van der Waals surface area contributed by atoms with Gasteiger partial charge in [0.15, 0.2) is 0 Å². The monoisotopic (exact) mass is 152 g/mol. The number of aliphatic hydroxyl groups excluding tert-OH is 1. The highest BCUT2D eigenvalue weighted by atomic mass is 16.3. The predicted octanol–water partition coefficient (Wildman–Crippen LogP) is 0.314. The zero-order valence-corrected chi connectivity index (χ0v) is 6.54. The van der Waals surface area contributed by atoms with Crippen molar-refractivity contribution in [2.24, 2.45) is 11.0 Å². The topological polar surface area (TPSA) is 44.6 Å². The van der Waals surface area contributed by atoms with E-state index in [4.69, 9.17) is 11.5 Å². The molecule has 0 aliphatic heterocycles. The van der Waals surface area contributed by atoms with Crippen LogP contribution in [0.3, 0.4) is 0 Å². The molecule has 0 unspecified atom stereocenters. The van der Waals surface area contributed by atoms with E-state index in [2.05, 4.69) is 16.6 Å². The summed E-state index contributed by atoms with van der Waals surface area (Å²) < 4.78 is 0. The van der Waals surface area contributed by atoms with Crippen LogP contribution in [0, 0.1) is 18.4 Å². The van der Waals surface area contributed by atoms with Gasteiger partial charge in [-0.25, -0.2) is 5.43 Å². The number of aliphatic hydroxyl groups is 1. The van der Waals surface area contributed by atoms with E-state index in [-0.39, 0.29) is 6.10 Å². The van der Waals surface area contributed by atoms with E-state index in [0.717, 1.165) is 18.6 Å². The van der Waals surface area contributed by atoms with Crippen LogP contribution in [0.1, 0.15) is 19.8 Å². The van der Waals surface area contributed by atoms with Gasteiger partial charge in [-0.05, 0) is 19.8 Å². The van der Waals surface area contributed by atoms with Crippen LogP contribution in [-0.4, -0.2) is 16.9 Å². The molecular formula is C8H12N2O. The first kappa shape index (κ1) is 8.09. The van der Waals surface area contributed by atoms with E-state index in [1.165, 1.54) is 0 Å². The van der Waals surface area contributed by atoms with Gasteiger partial charge in [-0.1, -0.05) is 6.42 Å². The van der Waals surface area contributed by atoms with Crippen molar-refractivity contribution in [1.82, 2.24) is 5.43 Å². The summed E-state index contributed by atoms with van der Waals surface area (Å²) in [5, 5.41) is 12.9. The minimum absolute atomic E-state index is 0.129. The van der Waals surface area contributed by atoms with Gasteiger partial charge in [0.2, 0.25) is 0 Å². The first-order chi connectivity index (χ1) is 5.24. The summed E-state index contributed by atoms with van der Waals surface area (Å²) >= 11 is 0. The number of nitrogens with zero attached hydrogens (tertiary/aromatic N) is 1. The summed E-state index contributed by atoms with van der Waals surface area (Å²) in [4.78, 5) is 0. The van der Waals surface area contributed by atoms with E-state index in [9.17, 15) is 0 Å². The number of rotatable bonds is 2. The van der Waals surface area contributed by atoms with E-state index in [1.54, 1.807) is 0 Å². The molecule has 3 heteroatoms. The molecule has 11 heavy (non-hydrogen) atoms. The van der Waals surface area contributed by atoms with Crippen molar-refractivity contribution in [2.45, 2.75) is 25.9 Å². The summed E-state index contributed by atoms with van der Waals surface area (Å²) in [6.45, 7) is 1.92. The summed E-state index contributed by atoms with van der Waals surface area (Å²) in [6.07, 6.45) is 6.46. The molecule has 0 saturated heterocycles. The van der Waals surface area contributed by atoms with Gasteiger partial charge in [0.25, 0.3) is 0 Å². The van der Waals surface area contributed by atoms with E-state index in [1.807, 2.05) is 6.92 Å². The summed E-state index contributed by atoms with van der Waals surface area (Å²) in [7, 11) is 0. The number of hydrogen-bond donors (Lipinski definition) is 2. The van der Waals surface area contributed by atoms with Crippen LogP contribution < -0.4 is 5.43 Å². The van der Waals surface area contributed by atoms with Crippen molar-refractivity contribution in [3.8, 4) is 12.5 Å². The average molecular weight is 152 g/mol. The zero-order chi connectivity index (χ0) is 8.27. The molecule has 0 amide bonds. The third-order valence-corrected chi connectivity index (χ3v) is 2.00. The Morgan fingerprint density at radius 2 is 2.36 bits per heavy atom. The minimum atomic E-state index is -0.129. The number of hydrogen-bond acceptors (Lipinski definition) is 3. The lowest BCUT2D eigenvalue weighted by Crippen LogP contribution is -2.33. The van der Waals surface area contributed by atoms with Gasteiger partial charge in [-0.3, -0.25) is 0 Å². The van der Waals surface area contributed by atoms with E-state index < -0.39 is 0 Å². The molecule has 1 rings (SSSR count). The SMILES string of the molecule is C#CN/N=C(\C)C1CC(O)C1. The van der Waals surface area contributed by atoms with Gasteiger partial charge in [-0.15, -0.1) is 0 Å². The third kappa shape index (κ3) is 1.95. The van der Waals surface area contributed by atoms with E-state index in [0.29, 0.717) is 5.92 Å². The molecule has 0 bridgehead atoms. The number of terminal acetylenes is 1. The standard InChI is InChI=1S/C8H12N2O/c1-3-9-10-6(2)7-4-8(11)5-7/h1,7-9,11H,4-5H2,2H3/b10-6+. The lowest BCUT2D eigenvalue weighted by molar-refractivity contribution is 0.0698. The van der Waals surface area contributed by atoms with Gasteiger partial charge in [0.05, 0.1) is 6.10 Å². The van der Waals surface area contributed by atoms with Crippen molar-refractivity contribution >= 4 is 5.71 Å². The maximum absolute atomic E-state index is 8.98. The van der Waals surface area contributed by atoms with Crippen LogP contribution in [0.15, 0.2) is 5.10 Å². The first-order valence-corrected chi connectivity index (χ1v) is 3.67. The summed E-state index contributed by atoms with van der Waals surface area (Å²) in [5.74, 6) is 0.422. The summed E-state index contributed by atoms with van der Waals surface area (Å²) in [5.41, 5.74) is 3.43. The van der Waals surface area contributed by atoms with Crippen molar-refractivity contribution in [1.29, 1.82) is 0 Å².